The van der Waals surface area contributed by atoms with Gasteiger partial charge in [0.05, 0.1) is 6.61 Å². The van der Waals surface area contributed by atoms with Crippen LogP contribution in [0.4, 0.5) is 0 Å². The Hall–Kier alpha value is -1.18. The van der Waals surface area contributed by atoms with Crippen LogP contribution >= 0.6 is 0 Å². The first kappa shape index (κ1) is 16.2. The number of hydrogen-bond donors (Lipinski definition) is 4. The molecule has 6 heteroatoms. The Balaban J connectivity index is 2.03. The maximum absolute atomic E-state index is 9.88. The molecule has 2 rings (SSSR count). The summed E-state index contributed by atoms with van der Waals surface area (Å²) < 4.78 is 10.8. The molecule has 0 amide bonds. The number of aryl methyl sites for hydroxylation is 1. The molecule has 118 valence electrons. The molecule has 0 radical (unpaired) electrons. The second kappa shape index (κ2) is 7.20. The lowest BCUT2D eigenvalue weighted by Gasteiger charge is -2.39. The van der Waals surface area contributed by atoms with Crippen molar-refractivity contribution in [3.8, 4) is 5.75 Å². The van der Waals surface area contributed by atoms with Gasteiger partial charge in [-0.25, -0.2) is 0 Å². The third-order valence-corrected chi connectivity index (χ3v) is 3.56. The molecular weight excluding hydrogens is 276 g/mol. The zero-order chi connectivity index (χ0) is 15.4. The Morgan fingerprint density at radius 3 is 2.29 bits per heavy atom. The van der Waals surface area contributed by atoms with Crippen LogP contribution < -0.4 is 4.74 Å². The molecule has 1 aliphatic heterocycles. The van der Waals surface area contributed by atoms with Gasteiger partial charge in [-0.1, -0.05) is 25.5 Å². The summed E-state index contributed by atoms with van der Waals surface area (Å²) in [7, 11) is 0. The molecule has 0 aliphatic carbocycles. The van der Waals surface area contributed by atoms with Crippen molar-refractivity contribution >= 4 is 0 Å². The Morgan fingerprint density at radius 1 is 1.05 bits per heavy atom. The van der Waals surface area contributed by atoms with Gasteiger partial charge in [0.2, 0.25) is 6.29 Å². The van der Waals surface area contributed by atoms with E-state index in [0.29, 0.717) is 5.75 Å². The van der Waals surface area contributed by atoms with E-state index >= 15 is 0 Å². The SMILES string of the molecule is CCCc1ccc(O[C@@H]2O[C@@H](CO)[C@H](O)[C@@H](O)[C@@H]2O)cc1. The molecular formula is C15H22O6. The van der Waals surface area contributed by atoms with Crippen molar-refractivity contribution in [1.29, 1.82) is 0 Å². The summed E-state index contributed by atoms with van der Waals surface area (Å²) in [4.78, 5) is 0. The highest BCUT2D eigenvalue weighted by molar-refractivity contribution is 5.27. The number of ether oxygens (including phenoxy) is 2. The zero-order valence-corrected chi connectivity index (χ0v) is 11.9. The summed E-state index contributed by atoms with van der Waals surface area (Å²) in [6, 6.07) is 7.35. The van der Waals surface area contributed by atoms with E-state index in [0.717, 1.165) is 12.8 Å². The van der Waals surface area contributed by atoms with Gasteiger partial charge in [-0.2, -0.15) is 0 Å². The van der Waals surface area contributed by atoms with Crippen molar-refractivity contribution in [2.24, 2.45) is 0 Å². The number of hydrogen-bond acceptors (Lipinski definition) is 6. The Morgan fingerprint density at radius 2 is 1.71 bits per heavy atom. The molecule has 0 bridgehead atoms. The zero-order valence-electron chi connectivity index (χ0n) is 11.9. The lowest BCUT2D eigenvalue weighted by molar-refractivity contribution is -0.277. The largest absolute Gasteiger partial charge is 0.462 e. The fourth-order valence-corrected chi connectivity index (χ4v) is 2.32. The summed E-state index contributed by atoms with van der Waals surface area (Å²) >= 11 is 0. The summed E-state index contributed by atoms with van der Waals surface area (Å²) in [6.07, 6.45) is -4.28. The van der Waals surface area contributed by atoms with Crippen LogP contribution in [0.15, 0.2) is 24.3 Å². The first-order chi connectivity index (χ1) is 10.1. The fraction of sp³-hybridized carbons (Fsp3) is 0.600. The molecule has 0 saturated carbocycles. The van der Waals surface area contributed by atoms with Crippen LogP contribution in [0.3, 0.4) is 0 Å². The van der Waals surface area contributed by atoms with Crippen LogP contribution in [0.25, 0.3) is 0 Å². The third kappa shape index (κ3) is 3.72. The van der Waals surface area contributed by atoms with Crippen LogP contribution in [-0.4, -0.2) is 57.7 Å². The minimum Gasteiger partial charge on any atom is -0.462 e. The van der Waals surface area contributed by atoms with Crippen molar-refractivity contribution in [3.05, 3.63) is 29.8 Å². The molecule has 1 fully saturated rings. The van der Waals surface area contributed by atoms with Crippen molar-refractivity contribution in [1.82, 2.24) is 0 Å². The van der Waals surface area contributed by atoms with Crippen molar-refractivity contribution in [3.63, 3.8) is 0 Å². The van der Waals surface area contributed by atoms with Gasteiger partial charge in [-0.3, -0.25) is 0 Å². The average molecular weight is 298 g/mol. The molecule has 1 saturated heterocycles. The standard InChI is InChI=1S/C15H22O6/c1-2-3-9-4-6-10(7-5-9)20-15-14(19)13(18)12(17)11(8-16)21-15/h4-7,11-19H,2-3,8H2,1H3/t11-,12-,13+,14-,15+/m0/s1. The minimum atomic E-state index is -1.43. The molecule has 0 unspecified atom stereocenters. The van der Waals surface area contributed by atoms with E-state index in [1.807, 2.05) is 12.1 Å². The maximum atomic E-state index is 9.88. The van der Waals surface area contributed by atoms with Crippen LogP contribution in [0, 0.1) is 0 Å². The molecule has 21 heavy (non-hydrogen) atoms. The van der Waals surface area contributed by atoms with E-state index in [9.17, 15) is 15.3 Å². The van der Waals surface area contributed by atoms with Crippen LogP contribution in [-0.2, 0) is 11.2 Å². The van der Waals surface area contributed by atoms with Crippen LogP contribution in [0.5, 0.6) is 5.75 Å². The fourth-order valence-electron chi connectivity index (χ4n) is 2.32. The number of aliphatic hydroxyl groups is 4. The lowest BCUT2D eigenvalue weighted by Crippen LogP contribution is -2.60. The Bertz CT molecular complexity index is 432. The molecule has 1 heterocycles. The van der Waals surface area contributed by atoms with Gasteiger partial charge in [0.15, 0.2) is 0 Å². The van der Waals surface area contributed by atoms with E-state index in [-0.39, 0.29) is 0 Å². The summed E-state index contributed by atoms with van der Waals surface area (Å²) in [5.74, 6) is 0.485. The summed E-state index contributed by atoms with van der Waals surface area (Å²) in [5.41, 5.74) is 1.18. The molecule has 4 N–H and O–H groups in total. The van der Waals surface area contributed by atoms with Gasteiger partial charge in [0, 0.05) is 0 Å². The predicted octanol–water partition coefficient (Wildman–Crippen LogP) is -0.182. The third-order valence-electron chi connectivity index (χ3n) is 3.56. The highest BCUT2D eigenvalue weighted by atomic mass is 16.7. The van der Waals surface area contributed by atoms with E-state index in [2.05, 4.69) is 6.92 Å². The highest BCUT2D eigenvalue weighted by Gasteiger charge is 2.44. The van der Waals surface area contributed by atoms with E-state index in [1.165, 1.54) is 5.56 Å². The molecule has 1 aromatic rings. The monoisotopic (exact) mass is 298 g/mol. The summed E-state index contributed by atoms with van der Waals surface area (Å²) in [5, 5.41) is 38.4. The first-order valence-corrected chi connectivity index (χ1v) is 7.13. The number of rotatable bonds is 5. The maximum Gasteiger partial charge on any atom is 0.229 e. The lowest BCUT2D eigenvalue weighted by atomic mass is 9.99. The normalized spacial score (nSPS) is 32.9. The van der Waals surface area contributed by atoms with Gasteiger partial charge in [0.1, 0.15) is 30.2 Å². The van der Waals surface area contributed by atoms with Gasteiger partial charge < -0.3 is 29.9 Å². The van der Waals surface area contributed by atoms with Crippen molar-refractivity contribution in [2.75, 3.05) is 6.61 Å². The van der Waals surface area contributed by atoms with Gasteiger partial charge in [-0.05, 0) is 24.1 Å². The van der Waals surface area contributed by atoms with Gasteiger partial charge in [-0.15, -0.1) is 0 Å². The van der Waals surface area contributed by atoms with Crippen molar-refractivity contribution < 1.29 is 29.9 Å². The van der Waals surface area contributed by atoms with E-state index < -0.39 is 37.3 Å². The molecule has 6 nitrogen and oxygen atoms in total. The van der Waals surface area contributed by atoms with Crippen LogP contribution in [0.1, 0.15) is 18.9 Å². The second-order valence-corrected chi connectivity index (χ2v) is 5.21. The van der Waals surface area contributed by atoms with Crippen molar-refractivity contribution in [2.45, 2.75) is 50.5 Å². The van der Waals surface area contributed by atoms with E-state index in [1.54, 1.807) is 12.1 Å². The topological polar surface area (TPSA) is 99.4 Å². The van der Waals surface area contributed by atoms with Gasteiger partial charge in [0.25, 0.3) is 0 Å². The first-order valence-electron chi connectivity index (χ1n) is 7.13. The molecule has 1 aromatic carbocycles. The Labute approximate surface area is 123 Å². The second-order valence-electron chi connectivity index (χ2n) is 5.21. The van der Waals surface area contributed by atoms with E-state index in [4.69, 9.17) is 14.6 Å². The predicted molar refractivity (Wildman–Crippen MR) is 74.8 cm³/mol. The molecule has 1 aliphatic rings. The average Bonchev–Trinajstić information content (AvgIpc) is 2.50. The summed E-state index contributed by atoms with van der Waals surface area (Å²) in [6.45, 7) is 1.62. The molecule has 0 spiro atoms. The number of benzene rings is 1. The quantitative estimate of drug-likeness (QED) is 0.602. The minimum absolute atomic E-state index is 0.472. The molecule has 0 aromatic heterocycles. The smallest absolute Gasteiger partial charge is 0.229 e. The van der Waals surface area contributed by atoms with Gasteiger partial charge >= 0.3 is 0 Å². The molecule has 5 atom stereocenters. The Kier molecular flexibility index (Phi) is 5.55. The van der Waals surface area contributed by atoms with Crippen LogP contribution in [0.2, 0.25) is 0 Å². The number of aliphatic hydroxyl groups excluding tert-OH is 4. The highest BCUT2D eigenvalue weighted by Crippen LogP contribution is 2.24.